The van der Waals surface area contributed by atoms with Crippen molar-refractivity contribution < 1.29 is 19.4 Å². The van der Waals surface area contributed by atoms with Gasteiger partial charge in [-0.3, -0.25) is 19.8 Å². The Hall–Kier alpha value is -2.16. The maximum Gasteiger partial charge on any atom is 0.230 e. The fourth-order valence-corrected chi connectivity index (χ4v) is 4.26. The van der Waals surface area contributed by atoms with Crippen LogP contribution in [-0.2, 0) is 14.3 Å². The zero-order chi connectivity index (χ0) is 19.0. The van der Waals surface area contributed by atoms with E-state index in [-0.39, 0.29) is 36.1 Å². The number of benzene rings is 1. The third-order valence-corrected chi connectivity index (χ3v) is 5.57. The number of carbonyl (C=O) groups is 2. The predicted octanol–water partition coefficient (Wildman–Crippen LogP) is 0.326. The van der Waals surface area contributed by atoms with Gasteiger partial charge < -0.3 is 20.1 Å². The molecule has 0 aliphatic carbocycles. The standard InChI is InChI=1S/C19H26N4O4/c1-12-11-23(13-3-2-4-14(24)19(12)13)18(26)9-15-20-16(10-17(25)21-15)22-5-7-27-8-6-22/h2-4,12,15-16,20,24H,5-11H2,1H3,(H,21,25). The van der Waals surface area contributed by atoms with E-state index < -0.39 is 6.17 Å². The molecule has 3 N–H and O–H groups in total. The molecule has 146 valence electrons. The zero-order valence-electron chi connectivity index (χ0n) is 15.5. The van der Waals surface area contributed by atoms with E-state index in [2.05, 4.69) is 15.5 Å². The average molecular weight is 374 g/mol. The molecule has 3 atom stereocenters. The Kier molecular flexibility index (Phi) is 5.03. The number of fused-ring (bicyclic) bond motifs is 1. The number of aromatic hydroxyl groups is 1. The third-order valence-electron chi connectivity index (χ3n) is 5.57. The maximum atomic E-state index is 12.9. The van der Waals surface area contributed by atoms with Crippen LogP contribution in [0.1, 0.15) is 31.2 Å². The number of phenolic OH excluding ortho intramolecular Hbond substituents is 1. The van der Waals surface area contributed by atoms with Crippen LogP contribution in [0.4, 0.5) is 5.69 Å². The van der Waals surface area contributed by atoms with Crippen LogP contribution in [0, 0.1) is 0 Å². The minimum absolute atomic E-state index is 0.0455. The van der Waals surface area contributed by atoms with Gasteiger partial charge in [0.1, 0.15) is 5.75 Å². The highest BCUT2D eigenvalue weighted by molar-refractivity contribution is 5.97. The molecule has 1 aromatic carbocycles. The Balaban J connectivity index is 1.44. The van der Waals surface area contributed by atoms with Gasteiger partial charge in [0.05, 0.1) is 44.1 Å². The van der Waals surface area contributed by atoms with E-state index in [1.807, 2.05) is 13.0 Å². The highest BCUT2D eigenvalue weighted by atomic mass is 16.5. The van der Waals surface area contributed by atoms with Crippen molar-refractivity contribution in [1.29, 1.82) is 0 Å². The molecule has 2 amide bonds. The van der Waals surface area contributed by atoms with E-state index in [1.165, 1.54) is 0 Å². The summed E-state index contributed by atoms with van der Waals surface area (Å²) in [5, 5.41) is 16.4. The summed E-state index contributed by atoms with van der Waals surface area (Å²) in [6.45, 7) is 5.43. The topological polar surface area (TPSA) is 94.1 Å². The normalized spacial score (nSPS) is 28.7. The second-order valence-electron chi connectivity index (χ2n) is 7.47. The van der Waals surface area contributed by atoms with Crippen molar-refractivity contribution in [2.45, 2.75) is 38.0 Å². The van der Waals surface area contributed by atoms with Crippen LogP contribution in [0.2, 0.25) is 0 Å². The first kappa shape index (κ1) is 18.2. The number of nitrogens with zero attached hydrogens (tertiary/aromatic N) is 2. The molecular weight excluding hydrogens is 348 g/mol. The summed E-state index contributed by atoms with van der Waals surface area (Å²) in [5.41, 5.74) is 1.58. The Morgan fingerprint density at radius 1 is 1.33 bits per heavy atom. The van der Waals surface area contributed by atoms with E-state index in [4.69, 9.17) is 4.74 Å². The van der Waals surface area contributed by atoms with Crippen LogP contribution in [0.3, 0.4) is 0 Å². The lowest BCUT2D eigenvalue weighted by molar-refractivity contribution is -0.128. The summed E-state index contributed by atoms with van der Waals surface area (Å²) in [5.74, 6) is 0.203. The smallest absolute Gasteiger partial charge is 0.230 e. The summed E-state index contributed by atoms with van der Waals surface area (Å²) >= 11 is 0. The fraction of sp³-hybridized carbons (Fsp3) is 0.579. The van der Waals surface area contributed by atoms with Crippen LogP contribution in [0.25, 0.3) is 0 Å². The maximum absolute atomic E-state index is 12.9. The first-order chi connectivity index (χ1) is 13.0. The highest BCUT2D eigenvalue weighted by Gasteiger charge is 2.36. The number of morpholine rings is 1. The predicted molar refractivity (Wildman–Crippen MR) is 99.4 cm³/mol. The Morgan fingerprint density at radius 2 is 2.11 bits per heavy atom. The molecule has 8 heteroatoms. The summed E-state index contributed by atoms with van der Waals surface area (Å²) in [4.78, 5) is 29.0. The number of nitrogens with one attached hydrogen (secondary N) is 2. The molecule has 0 saturated carbocycles. The summed E-state index contributed by atoms with van der Waals surface area (Å²) < 4.78 is 5.38. The van der Waals surface area contributed by atoms with Gasteiger partial charge in [0.15, 0.2) is 0 Å². The van der Waals surface area contributed by atoms with Gasteiger partial charge in [0.2, 0.25) is 11.8 Å². The molecule has 0 radical (unpaired) electrons. The van der Waals surface area contributed by atoms with Gasteiger partial charge >= 0.3 is 0 Å². The molecule has 3 aliphatic rings. The van der Waals surface area contributed by atoms with Crippen molar-refractivity contribution >= 4 is 17.5 Å². The minimum Gasteiger partial charge on any atom is -0.508 e. The van der Waals surface area contributed by atoms with Crippen LogP contribution in [-0.4, -0.2) is 67.0 Å². The van der Waals surface area contributed by atoms with Crippen LogP contribution in [0.5, 0.6) is 5.75 Å². The fourth-order valence-electron chi connectivity index (χ4n) is 4.26. The van der Waals surface area contributed by atoms with E-state index >= 15 is 0 Å². The SMILES string of the molecule is CC1CN(C(=O)CC2NC(=O)CC(N3CCOCC3)N2)c2cccc(O)c21. The molecule has 2 fully saturated rings. The quantitative estimate of drug-likeness (QED) is 0.706. The molecule has 0 aromatic heterocycles. The van der Waals surface area contributed by atoms with Gasteiger partial charge in [0.25, 0.3) is 0 Å². The van der Waals surface area contributed by atoms with Gasteiger partial charge in [0, 0.05) is 31.1 Å². The van der Waals surface area contributed by atoms with Crippen LogP contribution in [0.15, 0.2) is 18.2 Å². The molecule has 3 unspecified atom stereocenters. The number of amides is 2. The lowest BCUT2D eigenvalue weighted by Gasteiger charge is -2.40. The number of rotatable bonds is 3. The molecule has 3 heterocycles. The second-order valence-corrected chi connectivity index (χ2v) is 7.47. The molecule has 4 rings (SSSR count). The summed E-state index contributed by atoms with van der Waals surface area (Å²) in [6, 6.07) is 5.26. The van der Waals surface area contributed by atoms with Gasteiger partial charge in [-0.25, -0.2) is 0 Å². The zero-order valence-corrected chi connectivity index (χ0v) is 15.5. The number of hydrogen-bond acceptors (Lipinski definition) is 6. The van der Waals surface area contributed by atoms with Gasteiger partial charge in [-0.2, -0.15) is 0 Å². The number of anilines is 1. The lowest BCUT2D eigenvalue weighted by atomic mass is 10.0. The van der Waals surface area contributed by atoms with Gasteiger partial charge in [-0.1, -0.05) is 13.0 Å². The molecular formula is C19H26N4O4. The van der Waals surface area contributed by atoms with Crippen molar-refractivity contribution in [2.24, 2.45) is 0 Å². The lowest BCUT2D eigenvalue weighted by Crippen LogP contribution is -2.63. The van der Waals surface area contributed by atoms with Crippen LogP contribution < -0.4 is 15.5 Å². The first-order valence-corrected chi connectivity index (χ1v) is 9.52. The molecule has 2 saturated heterocycles. The van der Waals surface area contributed by atoms with Crippen molar-refractivity contribution in [3.8, 4) is 5.75 Å². The molecule has 27 heavy (non-hydrogen) atoms. The Morgan fingerprint density at radius 3 is 2.89 bits per heavy atom. The average Bonchev–Trinajstić information content (AvgIpc) is 3.00. The van der Waals surface area contributed by atoms with Gasteiger partial charge in [-0.05, 0) is 12.1 Å². The van der Waals surface area contributed by atoms with Crippen molar-refractivity contribution in [2.75, 3.05) is 37.7 Å². The third kappa shape index (κ3) is 3.65. The monoisotopic (exact) mass is 374 g/mol. The summed E-state index contributed by atoms with van der Waals surface area (Å²) in [6.07, 6.45) is 0.0776. The highest BCUT2D eigenvalue weighted by Crippen LogP contribution is 2.41. The Labute approximate surface area is 158 Å². The summed E-state index contributed by atoms with van der Waals surface area (Å²) in [7, 11) is 0. The number of phenols is 1. The number of carbonyl (C=O) groups excluding carboxylic acids is 2. The number of ether oxygens (including phenoxy) is 1. The first-order valence-electron chi connectivity index (χ1n) is 9.52. The minimum atomic E-state index is -0.400. The van der Waals surface area contributed by atoms with Crippen molar-refractivity contribution in [1.82, 2.24) is 15.5 Å². The van der Waals surface area contributed by atoms with E-state index in [0.717, 1.165) is 24.3 Å². The van der Waals surface area contributed by atoms with E-state index in [9.17, 15) is 14.7 Å². The van der Waals surface area contributed by atoms with Crippen molar-refractivity contribution in [3.63, 3.8) is 0 Å². The van der Waals surface area contributed by atoms with Gasteiger partial charge in [-0.15, -0.1) is 0 Å². The van der Waals surface area contributed by atoms with Crippen molar-refractivity contribution in [3.05, 3.63) is 23.8 Å². The van der Waals surface area contributed by atoms with Crippen LogP contribution >= 0.6 is 0 Å². The largest absolute Gasteiger partial charge is 0.508 e. The number of hydrogen-bond donors (Lipinski definition) is 3. The molecule has 1 aromatic rings. The second kappa shape index (κ2) is 7.46. The molecule has 0 spiro atoms. The molecule has 0 bridgehead atoms. The van der Waals surface area contributed by atoms with E-state index in [1.54, 1.807) is 17.0 Å². The van der Waals surface area contributed by atoms with E-state index in [0.29, 0.717) is 26.2 Å². The Bertz CT molecular complexity index is 734. The molecule has 8 nitrogen and oxygen atoms in total. The molecule has 3 aliphatic heterocycles.